The van der Waals surface area contributed by atoms with Gasteiger partial charge in [-0.25, -0.2) is 15.2 Å². The summed E-state index contributed by atoms with van der Waals surface area (Å²) in [6, 6.07) is 15.8. The smallest absolute Gasteiger partial charge is 0.331 e. The summed E-state index contributed by atoms with van der Waals surface area (Å²) >= 11 is 0. The highest BCUT2D eigenvalue weighted by Gasteiger charge is 2.48. The zero-order valence-corrected chi connectivity index (χ0v) is 17.2. The summed E-state index contributed by atoms with van der Waals surface area (Å²) in [6.07, 6.45) is 3.47. The molecule has 4 N–H and O–H groups in total. The van der Waals surface area contributed by atoms with E-state index in [4.69, 9.17) is 5.73 Å². The van der Waals surface area contributed by atoms with Gasteiger partial charge in [-0.05, 0) is 37.0 Å². The quantitative estimate of drug-likeness (QED) is 0.661. The van der Waals surface area contributed by atoms with Crippen molar-refractivity contribution in [1.82, 2.24) is 10.4 Å². The second-order valence-corrected chi connectivity index (χ2v) is 7.73. The molecule has 0 atom stereocenters. The van der Waals surface area contributed by atoms with Gasteiger partial charge in [0.2, 0.25) is 5.91 Å². The highest BCUT2D eigenvalue weighted by Crippen LogP contribution is 2.35. The monoisotopic (exact) mass is 408 g/mol. The van der Waals surface area contributed by atoms with Gasteiger partial charge in [-0.2, -0.15) is 0 Å². The lowest BCUT2D eigenvalue weighted by molar-refractivity contribution is -0.150. The van der Waals surface area contributed by atoms with Crippen molar-refractivity contribution < 1.29 is 14.4 Å². The molecule has 0 aliphatic heterocycles. The third-order valence-electron chi connectivity index (χ3n) is 5.59. The van der Waals surface area contributed by atoms with Crippen LogP contribution in [0.1, 0.15) is 43.2 Å². The molecular formula is C23H28N4O3. The Kier molecular flexibility index (Phi) is 6.72. The van der Waals surface area contributed by atoms with Crippen molar-refractivity contribution in [2.75, 3.05) is 5.32 Å². The zero-order chi connectivity index (χ0) is 21.6. The lowest BCUT2D eigenvalue weighted by atomic mass is 9.79. The largest absolute Gasteiger partial charge is 0.350 e. The van der Waals surface area contributed by atoms with Gasteiger partial charge in [0.15, 0.2) is 0 Å². The predicted molar refractivity (Wildman–Crippen MR) is 115 cm³/mol. The summed E-state index contributed by atoms with van der Waals surface area (Å²) in [7, 11) is 0. The van der Waals surface area contributed by atoms with Crippen LogP contribution >= 0.6 is 0 Å². The third kappa shape index (κ3) is 4.79. The number of hydrogen-bond donors (Lipinski definition) is 3. The van der Waals surface area contributed by atoms with Crippen LogP contribution in [0, 0.1) is 6.92 Å². The minimum Gasteiger partial charge on any atom is -0.350 e. The summed E-state index contributed by atoms with van der Waals surface area (Å²) in [4.78, 5) is 38.5. The molecule has 0 saturated heterocycles. The number of nitrogens with two attached hydrogens (primary N) is 1. The molecule has 7 nitrogen and oxygen atoms in total. The molecule has 1 aliphatic rings. The van der Waals surface area contributed by atoms with Gasteiger partial charge in [-0.3, -0.25) is 9.59 Å². The van der Waals surface area contributed by atoms with E-state index in [9.17, 15) is 14.4 Å². The molecule has 0 unspecified atom stereocenters. The van der Waals surface area contributed by atoms with Crippen molar-refractivity contribution >= 4 is 23.5 Å². The lowest BCUT2D eigenvalue weighted by Gasteiger charge is -2.44. The summed E-state index contributed by atoms with van der Waals surface area (Å²) in [6.45, 7) is 1.91. The van der Waals surface area contributed by atoms with Crippen molar-refractivity contribution in [1.29, 1.82) is 0 Å². The van der Waals surface area contributed by atoms with E-state index >= 15 is 0 Å². The van der Waals surface area contributed by atoms with Gasteiger partial charge in [-0.15, -0.1) is 0 Å². The number of carbonyl (C=O) groups excluding carboxylic acids is 3. The van der Waals surface area contributed by atoms with Crippen LogP contribution < -0.4 is 16.5 Å². The Labute approximate surface area is 176 Å². The van der Waals surface area contributed by atoms with Crippen LogP contribution in [0.5, 0.6) is 0 Å². The Bertz CT molecular complexity index is 908. The Balaban J connectivity index is 1.93. The van der Waals surface area contributed by atoms with E-state index < -0.39 is 11.6 Å². The summed E-state index contributed by atoms with van der Waals surface area (Å²) in [5.41, 5.74) is 9.05. The molecule has 30 heavy (non-hydrogen) atoms. The van der Waals surface area contributed by atoms with E-state index in [1.165, 1.54) is 5.01 Å². The van der Waals surface area contributed by atoms with Crippen molar-refractivity contribution in [3.05, 3.63) is 65.7 Å². The van der Waals surface area contributed by atoms with E-state index in [-0.39, 0.29) is 18.2 Å². The average Bonchev–Trinajstić information content (AvgIpc) is 2.74. The molecule has 0 radical (unpaired) electrons. The van der Waals surface area contributed by atoms with Crippen LogP contribution in [0.3, 0.4) is 0 Å². The van der Waals surface area contributed by atoms with E-state index in [1.807, 2.05) is 61.5 Å². The fraction of sp³-hybridized carbons (Fsp3) is 0.348. The molecule has 1 fully saturated rings. The summed E-state index contributed by atoms with van der Waals surface area (Å²) in [5, 5.41) is 4.14. The average molecular weight is 409 g/mol. The van der Waals surface area contributed by atoms with E-state index in [1.54, 1.807) is 0 Å². The first kappa shape index (κ1) is 21.4. The second-order valence-electron chi connectivity index (χ2n) is 7.73. The van der Waals surface area contributed by atoms with Crippen LogP contribution in [0.15, 0.2) is 54.6 Å². The standard InChI is InChI=1S/C23H28N4O3/c1-17-10-6-7-13-19(17)25-21(29)23(14-8-3-9-15-23)27(26-22(24)30)20(28)16-18-11-4-2-5-12-18/h2,4-7,10-13H,3,8-9,14-16H2,1H3,(H,25,29)(H3,24,26,30). The van der Waals surface area contributed by atoms with E-state index in [0.29, 0.717) is 18.5 Å². The van der Waals surface area contributed by atoms with E-state index in [0.717, 1.165) is 30.4 Å². The first-order chi connectivity index (χ1) is 14.4. The number of amides is 4. The van der Waals surface area contributed by atoms with Crippen molar-refractivity contribution in [2.45, 2.75) is 51.0 Å². The third-order valence-corrected chi connectivity index (χ3v) is 5.59. The molecule has 1 saturated carbocycles. The number of carbonyl (C=O) groups is 3. The summed E-state index contributed by atoms with van der Waals surface area (Å²) in [5.74, 6) is -0.687. The number of primary amides is 1. The molecule has 158 valence electrons. The molecule has 0 aromatic heterocycles. The second kappa shape index (κ2) is 9.43. The highest BCUT2D eigenvalue weighted by atomic mass is 16.2. The predicted octanol–water partition coefficient (Wildman–Crippen LogP) is 3.29. The number of aryl methyl sites for hydroxylation is 1. The number of nitrogens with zero attached hydrogens (tertiary/aromatic N) is 1. The minimum absolute atomic E-state index is 0.0561. The molecule has 2 aromatic carbocycles. The number of benzene rings is 2. The Morgan fingerprint density at radius 2 is 1.60 bits per heavy atom. The van der Waals surface area contributed by atoms with Gasteiger partial charge >= 0.3 is 6.03 Å². The van der Waals surface area contributed by atoms with Gasteiger partial charge in [-0.1, -0.05) is 67.8 Å². The molecule has 0 heterocycles. The fourth-order valence-electron chi connectivity index (χ4n) is 4.01. The number of rotatable bonds is 5. The van der Waals surface area contributed by atoms with Crippen molar-refractivity contribution in [2.24, 2.45) is 5.73 Å². The van der Waals surface area contributed by atoms with Crippen LogP contribution in [-0.2, 0) is 16.0 Å². The van der Waals surface area contributed by atoms with Crippen LogP contribution in [0.2, 0.25) is 0 Å². The summed E-state index contributed by atoms with van der Waals surface area (Å²) < 4.78 is 0. The Morgan fingerprint density at radius 3 is 2.23 bits per heavy atom. The maximum absolute atomic E-state index is 13.5. The topological polar surface area (TPSA) is 105 Å². The van der Waals surface area contributed by atoms with Gasteiger partial charge < -0.3 is 11.1 Å². The van der Waals surface area contributed by atoms with Crippen LogP contribution in [-0.4, -0.2) is 28.4 Å². The number of hydrazine groups is 1. The minimum atomic E-state index is -1.19. The lowest BCUT2D eigenvalue weighted by Crippen LogP contribution is -2.66. The maximum Gasteiger partial charge on any atom is 0.331 e. The number of urea groups is 1. The Hall–Kier alpha value is -3.35. The van der Waals surface area contributed by atoms with Crippen LogP contribution in [0.4, 0.5) is 10.5 Å². The molecule has 0 bridgehead atoms. The van der Waals surface area contributed by atoms with Crippen molar-refractivity contribution in [3.63, 3.8) is 0 Å². The van der Waals surface area contributed by atoms with Gasteiger partial charge in [0.25, 0.3) is 5.91 Å². The zero-order valence-electron chi connectivity index (χ0n) is 17.2. The molecule has 2 aromatic rings. The fourth-order valence-corrected chi connectivity index (χ4v) is 4.01. The highest BCUT2D eigenvalue weighted by molar-refractivity contribution is 6.01. The van der Waals surface area contributed by atoms with Gasteiger partial charge in [0.1, 0.15) is 5.54 Å². The van der Waals surface area contributed by atoms with Gasteiger partial charge in [0.05, 0.1) is 6.42 Å². The normalized spacial score (nSPS) is 15.1. The molecule has 1 aliphatic carbocycles. The first-order valence-corrected chi connectivity index (χ1v) is 10.2. The van der Waals surface area contributed by atoms with E-state index in [2.05, 4.69) is 10.7 Å². The molecule has 7 heteroatoms. The maximum atomic E-state index is 13.5. The molecule has 4 amide bonds. The molecule has 0 spiro atoms. The Morgan fingerprint density at radius 1 is 0.967 bits per heavy atom. The van der Waals surface area contributed by atoms with Gasteiger partial charge in [0, 0.05) is 5.69 Å². The van der Waals surface area contributed by atoms with Crippen LogP contribution in [0.25, 0.3) is 0 Å². The molecule has 3 rings (SSSR count). The first-order valence-electron chi connectivity index (χ1n) is 10.2. The number of para-hydroxylation sites is 1. The number of anilines is 1. The number of hydrogen-bond acceptors (Lipinski definition) is 3. The van der Waals surface area contributed by atoms with Crippen molar-refractivity contribution in [3.8, 4) is 0 Å². The molecular weight excluding hydrogens is 380 g/mol. The SMILES string of the molecule is Cc1ccccc1NC(=O)C1(N(NC(N)=O)C(=O)Cc2ccccc2)CCCCC1. The number of nitrogens with one attached hydrogen (secondary N) is 2.